The first-order valence-electron chi connectivity index (χ1n) is 7.85. The number of carbonyl (C=O) groups is 1. The third kappa shape index (κ3) is 3.79. The highest BCUT2D eigenvalue weighted by atomic mass is 19.1. The number of nitrogens with two attached hydrogens (primary N) is 1. The lowest BCUT2D eigenvalue weighted by atomic mass is 9.93. The van der Waals surface area contributed by atoms with Gasteiger partial charge in [0.2, 0.25) is 5.91 Å². The molecule has 2 aromatic carbocycles. The van der Waals surface area contributed by atoms with Gasteiger partial charge >= 0.3 is 0 Å². The summed E-state index contributed by atoms with van der Waals surface area (Å²) in [5.41, 5.74) is 7.19. The summed E-state index contributed by atoms with van der Waals surface area (Å²) in [6.45, 7) is 3.40. The average Bonchev–Trinajstić information content (AvgIpc) is 2.61. The number of hydrogen-bond acceptors (Lipinski definition) is 2. The van der Waals surface area contributed by atoms with Gasteiger partial charge < -0.3 is 10.6 Å². The molecule has 0 heterocycles. The zero-order valence-corrected chi connectivity index (χ0v) is 14.0. The number of hydrogen-bond donors (Lipinski definition) is 1. The molecule has 2 aromatic rings. The van der Waals surface area contributed by atoms with E-state index in [1.807, 2.05) is 30.3 Å². The van der Waals surface area contributed by atoms with Gasteiger partial charge in [-0.25, -0.2) is 8.78 Å². The fraction of sp³-hybridized carbons (Fsp3) is 0.316. The second-order valence-corrected chi connectivity index (χ2v) is 6.02. The van der Waals surface area contributed by atoms with Gasteiger partial charge in [-0.2, -0.15) is 0 Å². The summed E-state index contributed by atoms with van der Waals surface area (Å²) < 4.78 is 27.3. The molecule has 2 N–H and O–H groups in total. The highest BCUT2D eigenvalue weighted by Gasteiger charge is 2.28. The lowest BCUT2D eigenvalue weighted by molar-refractivity contribution is -0.136. The molecule has 0 saturated carbocycles. The Morgan fingerprint density at radius 3 is 2.33 bits per heavy atom. The van der Waals surface area contributed by atoms with Crippen LogP contribution in [0, 0.1) is 17.6 Å². The van der Waals surface area contributed by atoms with Crippen LogP contribution in [0.1, 0.15) is 37.1 Å². The van der Waals surface area contributed by atoms with Crippen molar-refractivity contribution in [2.24, 2.45) is 11.7 Å². The fourth-order valence-electron chi connectivity index (χ4n) is 2.67. The summed E-state index contributed by atoms with van der Waals surface area (Å²) >= 11 is 0. The van der Waals surface area contributed by atoms with Crippen LogP contribution >= 0.6 is 0 Å². The van der Waals surface area contributed by atoms with Gasteiger partial charge in [-0.15, -0.1) is 0 Å². The van der Waals surface area contributed by atoms with Crippen molar-refractivity contribution in [2.75, 3.05) is 7.05 Å². The molecule has 0 radical (unpaired) electrons. The van der Waals surface area contributed by atoms with Crippen LogP contribution in [0.5, 0.6) is 0 Å². The molecule has 0 aliphatic heterocycles. The molecule has 0 saturated heterocycles. The van der Waals surface area contributed by atoms with Crippen LogP contribution in [0.3, 0.4) is 0 Å². The van der Waals surface area contributed by atoms with Crippen LogP contribution in [0.15, 0.2) is 48.5 Å². The number of halogens is 2. The summed E-state index contributed by atoms with van der Waals surface area (Å²) in [5.74, 6) is -1.78. The summed E-state index contributed by atoms with van der Waals surface area (Å²) in [7, 11) is 1.57. The van der Waals surface area contributed by atoms with E-state index < -0.39 is 29.6 Å². The molecule has 3 atom stereocenters. The maximum Gasteiger partial charge on any atom is 0.227 e. The second-order valence-electron chi connectivity index (χ2n) is 6.02. The van der Waals surface area contributed by atoms with E-state index in [1.165, 1.54) is 4.90 Å². The second kappa shape index (κ2) is 7.53. The van der Waals surface area contributed by atoms with Crippen LogP contribution in [0.4, 0.5) is 8.78 Å². The van der Waals surface area contributed by atoms with Crippen LogP contribution in [-0.4, -0.2) is 17.9 Å². The Hall–Kier alpha value is -2.27. The smallest absolute Gasteiger partial charge is 0.227 e. The largest absolute Gasteiger partial charge is 0.339 e. The number of benzene rings is 2. The maximum atomic E-state index is 13.9. The molecule has 0 aromatic heterocycles. The molecule has 24 heavy (non-hydrogen) atoms. The average molecular weight is 332 g/mol. The molecule has 0 spiro atoms. The monoisotopic (exact) mass is 332 g/mol. The van der Waals surface area contributed by atoms with Crippen LogP contribution in [-0.2, 0) is 4.79 Å². The van der Waals surface area contributed by atoms with Crippen LogP contribution in [0.25, 0.3) is 0 Å². The zero-order chi connectivity index (χ0) is 17.9. The Labute approximate surface area is 141 Å². The molecule has 1 amide bonds. The summed E-state index contributed by atoms with van der Waals surface area (Å²) in [6.07, 6.45) is 0. The lowest BCUT2D eigenvalue weighted by Crippen LogP contribution is -2.38. The van der Waals surface area contributed by atoms with Crippen molar-refractivity contribution >= 4 is 5.91 Å². The number of carbonyl (C=O) groups excluding carboxylic acids is 1. The van der Waals surface area contributed by atoms with E-state index >= 15 is 0 Å². The van der Waals surface area contributed by atoms with Crippen molar-refractivity contribution in [1.29, 1.82) is 0 Å². The quantitative estimate of drug-likeness (QED) is 0.905. The molecule has 5 heteroatoms. The van der Waals surface area contributed by atoms with Gasteiger partial charge in [-0.1, -0.05) is 37.3 Å². The zero-order valence-electron chi connectivity index (χ0n) is 14.0. The Balaban J connectivity index is 2.17. The highest BCUT2D eigenvalue weighted by Crippen LogP contribution is 2.27. The van der Waals surface area contributed by atoms with E-state index in [0.29, 0.717) is 0 Å². The minimum absolute atomic E-state index is 0.145. The topological polar surface area (TPSA) is 46.3 Å². The summed E-state index contributed by atoms with van der Waals surface area (Å²) in [5, 5.41) is 0. The predicted molar refractivity (Wildman–Crippen MR) is 90.1 cm³/mol. The first kappa shape index (κ1) is 18.1. The molecule has 128 valence electrons. The molecular formula is C19H22F2N2O. The number of amides is 1. The molecule has 0 fully saturated rings. The highest BCUT2D eigenvalue weighted by molar-refractivity contribution is 5.79. The normalized spacial score (nSPS) is 14.8. The van der Waals surface area contributed by atoms with Crippen molar-refractivity contribution in [3.8, 4) is 0 Å². The number of nitrogens with zero attached hydrogens (tertiary/aromatic N) is 1. The van der Waals surface area contributed by atoms with Crippen molar-refractivity contribution in [3.05, 3.63) is 71.3 Å². The van der Waals surface area contributed by atoms with Crippen molar-refractivity contribution in [2.45, 2.75) is 25.9 Å². The van der Waals surface area contributed by atoms with Gasteiger partial charge in [0.05, 0.1) is 12.0 Å². The van der Waals surface area contributed by atoms with Gasteiger partial charge in [0.15, 0.2) is 0 Å². The minimum Gasteiger partial charge on any atom is -0.339 e. The summed E-state index contributed by atoms with van der Waals surface area (Å²) in [4.78, 5) is 14.1. The molecular weight excluding hydrogens is 310 g/mol. The van der Waals surface area contributed by atoms with E-state index in [0.717, 1.165) is 23.8 Å². The van der Waals surface area contributed by atoms with Crippen molar-refractivity contribution in [1.82, 2.24) is 4.90 Å². The van der Waals surface area contributed by atoms with Gasteiger partial charge in [0.1, 0.15) is 11.6 Å². The molecule has 0 aliphatic rings. The van der Waals surface area contributed by atoms with Crippen molar-refractivity contribution < 1.29 is 13.6 Å². The molecule has 0 aliphatic carbocycles. The molecule has 0 bridgehead atoms. The van der Waals surface area contributed by atoms with E-state index in [1.54, 1.807) is 20.9 Å². The van der Waals surface area contributed by atoms with Gasteiger partial charge in [0, 0.05) is 18.7 Å². The van der Waals surface area contributed by atoms with Crippen LogP contribution in [0.2, 0.25) is 0 Å². The lowest BCUT2D eigenvalue weighted by Gasteiger charge is -2.30. The minimum atomic E-state index is -0.598. The third-order valence-corrected chi connectivity index (χ3v) is 4.45. The van der Waals surface area contributed by atoms with Crippen LogP contribution < -0.4 is 5.73 Å². The maximum absolute atomic E-state index is 13.9. The molecule has 2 rings (SSSR count). The van der Waals surface area contributed by atoms with E-state index in [9.17, 15) is 13.6 Å². The Morgan fingerprint density at radius 1 is 1.08 bits per heavy atom. The van der Waals surface area contributed by atoms with E-state index in [-0.39, 0.29) is 11.5 Å². The third-order valence-electron chi connectivity index (χ3n) is 4.45. The van der Waals surface area contributed by atoms with Gasteiger partial charge in [0.25, 0.3) is 0 Å². The first-order valence-corrected chi connectivity index (χ1v) is 7.85. The predicted octanol–water partition coefficient (Wildman–Crippen LogP) is 3.82. The summed E-state index contributed by atoms with van der Waals surface area (Å²) in [6, 6.07) is 11.5. The molecule has 3 unspecified atom stereocenters. The first-order chi connectivity index (χ1) is 11.3. The van der Waals surface area contributed by atoms with Crippen molar-refractivity contribution in [3.63, 3.8) is 0 Å². The standard InChI is InChI=1S/C19H22F2N2O/c1-12(18(22)14-7-5-4-6-8-14)19(24)23(3)13(2)16-11-15(20)9-10-17(16)21/h4-13,18H,22H2,1-3H3. The Bertz CT molecular complexity index is 706. The molecule has 3 nitrogen and oxygen atoms in total. The van der Waals surface area contributed by atoms with E-state index in [4.69, 9.17) is 5.73 Å². The van der Waals surface area contributed by atoms with Gasteiger partial charge in [-0.05, 0) is 30.7 Å². The van der Waals surface area contributed by atoms with E-state index in [2.05, 4.69) is 0 Å². The van der Waals surface area contributed by atoms with Gasteiger partial charge in [-0.3, -0.25) is 4.79 Å². The fourth-order valence-corrected chi connectivity index (χ4v) is 2.67. The Kier molecular flexibility index (Phi) is 5.67. The number of rotatable bonds is 5. The SMILES string of the molecule is CC(C(=O)N(C)C(C)c1cc(F)ccc1F)C(N)c1ccccc1. The Morgan fingerprint density at radius 2 is 1.71 bits per heavy atom.